The second-order valence-electron chi connectivity index (χ2n) is 10.0. The van der Waals surface area contributed by atoms with Crippen LogP contribution in [0.4, 0.5) is 10.5 Å². The quantitative estimate of drug-likeness (QED) is 0.246. The lowest BCUT2D eigenvalue weighted by atomic mass is 9.98. The topological polar surface area (TPSA) is 55.8 Å². The van der Waals surface area contributed by atoms with E-state index in [1.165, 1.54) is 23.1 Å². The molecule has 0 unspecified atom stereocenters. The predicted octanol–water partition coefficient (Wildman–Crippen LogP) is 6.02. The fourth-order valence-corrected chi connectivity index (χ4v) is 4.86. The number of ether oxygens (including phenoxy) is 2. The Morgan fingerprint density at radius 1 is 0.944 bits per heavy atom. The zero-order valence-electron chi connectivity index (χ0n) is 21.4. The molecule has 3 aromatic carbocycles. The Morgan fingerprint density at radius 3 is 2.14 bits per heavy atom. The second-order valence-corrected chi connectivity index (χ2v) is 14.8. The molecule has 0 bridgehead atoms. The Bertz CT molecular complexity index is 1320. The maximum Gasteiger partial charge on any atom is 0.414 e. The molecule has 1 aliphatic rings. The monoisotopic (exact) mass is 497 g/mol. The van der Waals surface area contributed by atoms with E-state index < -0.39 is 14.2 Å². The molecule has 6 heteroatoms. The summed E-state index contributed by atoms with van der Waals surface area (Å²) in [5, 5.41) is 0. The van der Waals surface area contributed by atoms with Gasteiger partial charge < -0.3 is 9.47 Å². The molecular formula is C30H31NO4Si. The first kappa shape index (κ1) is 25.3. The third kappa shape index (κ3) is 5.69. The summed E-state index contributed by atoms with van der Waals surface area (Å²) in [6, 6.07) is 22.0. The highest BCUT2D eigenvalue weighted by Crippen LogP contribution is 2.44. The summed E-state index contributed by atoms with van der Waals surface area (Å²) in [5.74, 6) is 2.87. The van der Waals surface area contributed by atoms with Gasteiger partial charge in [0.1, 0.15) is 14.7 Å². The Labute approximate surface area is 214 Å². The molecule has 0 saturated heterocycles. The van der Waals surface area contributed by atoms with Crippen LogP contribution >= 0.6 is 0 Å². The summed E-state index contributed by atoms with van der Waals surface area (Å²) in [4.78, 5) is 26.5. The molecule has 5 nitrogen and oxygen atoms in total. The minimum atomic E-state index is -1.61. The minimum Gasteiger partial charge on any atom is -0.469 e. The molecule has 0 spiro atoms. The van der Waals surface area contributed by atoms with Crippen LogP contribution < -0.4 is 4.90 Å². The van der Waals surface area contributed by atoms with Crippen molar-refractivity contribution in [1.82, 2.24) is 0 Å². The molecule has 1 aliphatic carbocycles. The number of amides is 1. The van der Waals surface area contributed by atoms with E-state index in [4.69, 9.17) is 9.47 Å². The molecule has 0 saturated carbocycles. The summed E-state index contributed by atoms with van der Waals surface area (Å²) >= 11 is 0. The van der Waals surface area contributed by atoms with Gasteiger partial charge in [0.15, 0.2) is 0 Å². The first-order valence-corrected chi connectivity index (χ1v) is 15.5. The van der Waals surface area contributed by atoms with E-state index in [1.54, 1.807) is 13.1 Å². The molecule has 4 rings (SSSR count). The zero-order valence-corrected chi connectivity index (χ0v) is 22.4. The standard InChI is InChI=1S/C30H31NO4Si/c1-31(23-17-21(14-15-36(3,4)5)16-22(18-23)19-29(32)34-2)30(33)35-20-28-26-12-8-6-10-24(26)25-11-7-9-13-27(25)28/h6-13,16-18,28H,19-20H2,1-5H3. The van der Waals surface area contributed by atoms with Gasteiger partial charge in [-0.2, -0.15) is 0 Å². The highest BCUT2D eigenvalue weighted by molar-refractivity contribution is 6.83. The zero-order chi connectivity index (χ0) is 25.9. The molecule has 0 N–H and O–H groups in total. The normalized spacial score (nSPS) is 12.1. The van der Waals surface area contributed by atoms with E-state index in [1.807, 2.05) is 36.4 Å². The number of rotatable bonds is 5. The van der Waals surface area contributed by atoms with Crippen molar-refractivity contribution >= 4 is 25.8 Å². The van der Waals surface area contributed by atoms with E-state index in [0.29, 0.717) is 5.69 Å². The van der Waals surface area contributed by atoms with Crippen molar-refractivity contribution in [3.8, 4) is 22.6 Å². The van der Waals surface area contributed by atoms with Crippen molar-refractivity contribution in [2.75, 3.05) is 25.7 Å². The molecule has 3 aromatic rings. The van der Waals surface area contributed by atoms with Gasteiger partial charge in [-0.1, -0.05) is 74.1 Å². The van der Waals surface area contributed by atoms with Gasteiger partial charge in [0.2, 0.25) is 0 Å². The molecule has 0 aliphatic heterocycles. The summed E-state index contributed by atoms with van der Waals surface area (Å²) < 4.78 is 10.7. The van der Waals surface area contributed by atoms with Gasteiger partial charge in [-0.15, -0.1) is 5.54 Å². The second kappa shape index (κ2) is 10.4. The van der Waals surface area contributed by atoms with E-state index in [9.17, 15) is 9.59 Å². The van der Waals surface area contributed by atoms with E-state index in [2.05, 4.69) is 55.4 Å². The molecule has 0 fully saturated rings. The number of nitrogens with zero attached hydrogens (tertiary/aromatic N) is 1. The van der Waals surface area contributed by atoms with Crippen molar-refractivity contribution in [3.05, 3.63) is 89.0 Å². The fraction of sp³-hybridized carbons (Fsp3) is 0.267. The van der Waals surface area contributed by atoms with Crippen LogP contribution in [0.2, 0.25) is 19.6 Å². The van der Waals surface area contributed by atoms with Gasteiger partial charge >= 0.3 is 12.1 Å². The van der Waals surface area contributed by atoms with Crippen LogP contribution in [0.25, 0.3) is 11.1 Å². The number of esters is 1. The van der Waals surface area contributed by atoms with Crippen LogP contribution in [0.15, 0.2) is 66.7 Å². The average molecular weight is 498 g/mol. The average Bonchev–Trinajstić information content (AvgIpc) is 3.18. The summed E-state index contributed by atoms with van der Waals surface area (Å²) in [5.41, 5.74) is 10.2. The number of hydrogen-bond donors (Lipinski definition) is 0. The van der Waals surface area contributed by atoms with Crippen molar-refractivity contribution in [2.45, 2.75) is 32.0 Å². The highest BCUT2D eigenvalue weighted by Gasteiger charge is 2.29. The molecule has 36 heavy (non-hydrogen) atoms. The summed E-state index contributed by atoms with van der Waals surface area (Å²) in [7, 11) is 1.43. The van der Waals surface area contributed by atoms with Gasteiger partial charge in [-0.05, 0) is 46.0 Å². The van der Waals surface area contributed by atoms with Crippen LogP contribution in [0.3, 0.4) is 0 Å². The number of methoxy groups -OCH3 is 1. The third-order valence-corrected chi connectivity index (χ3v) is 7.01. The third-order valence-electron chi connectivity index (χ3n) is 6.13. The first-order valence-electron chi connectivity index (χ1n) is 12.0. The number of carbonyl (C=O) groups is 2. The summed E-state index contributed by atoms with van der Waals surface area (Å²) in [6.07, 6.45) is -0.360. The minimum absolute atomic E-state index is 0.0152. The van der Waals surface area contributed by atoms with E-state index >= 15 is 0 Å². The summed E-state index contributed by atoms with van der Waals surface area (Å²) in [6.45, 7) is 6.74. The van der Waals surface area contributed by atoms with Gasteiger partial charge in [-0.3, -0.25) is 9.69 Å². The van der Waals surface area contributed by atoms with Gasteiger partial charge in [0.05, 0.1) is 13.5 Å². The van der Waals surface area contributed by atoms with Crippen molar-refractivity contribution in [2.24, 2.45) is 0 Å². The van der Waals surface area contributed by atoms with E-state index in [-0.39, 0.29) is 24.9 Å². The van der Waals surface area contributed by atoms with Gasteiger partial charge in [0.25, 0.3) is 0 Å². The lowest BCUT2D eigenvalue weighted by Gasteiger charge is -2.21. The SMILES string of the molecule is COC(=O)Cc1cc(C#C[Si](C)(C)C)cc(N(C)C(=O)OCC2c3ccccc3-c3ccccc32)c1. The predicted molar refractivity (Wildman–Crippen MR) is 146 cm³/mol. The molecule has 0 heterocycles. The number of anilines is 1. The lowest BCUT2D eigenvalue weighted by molar-refractivity contribution is -0.139. The number of benzene rings is 3. The molecular weight excluding hydrogens is 466 g/mol. The van der Waals surface area contributed by atoms with Crippen molar-refractivity contribution in [1.29, 1.82) is 0 Å². The Morgan fingerprint density at radius 2 is 1.56 bits per heavy atom. The Balaban J connectivity index is 1.56. The van der Waals surface area contributed by atoms with Crippen LogP contribution in [0, 0.1) is 11.5 Å². The van der Waals surface area contributed by atoms with Crippen LogP contribution in [-0.4, -0.2) is 40.9 Å². The molecule has 0 atom stereocenters. The van der Waals surface area contributed by atoms with Gasteiger partial charge in [-0.25, -0.2) is 4.79 Å². The van der Waals surface area contributed by atoms with Crippen LogP contribution in [-0.2, 0) is 20.7 Å². The maximum absolute atomic E-state index is 13.1. The highest BCUT2D eigenvalue weighted by atomic mass is 28.3. The molecule has 0 aromatic heterocycles. The van der Waals surface area contributed by atoms with Crippen LogP contribution in [0.1, 0.15) is 28.2 Å². The number of carbonyl (C=O) groups excluding carboxylic acids is 2. The molecule has 184 valence electrons. The van der Waals surface area contributed by atoms with Crippen molar-refractivity contribution < 1.29 is 19.1 Å². The number of fused-ring (bicyclic) bond motifs is 3. The molecule has 0 radical (unpaired) electrons. The van der Waals surface area contributed by atoms with Gasteiger partial charge in [0, 0.05) is 24.2 Å². The number of hydrogen-bond acceptors (Lipinski definition) is 4. The smallest absolute Gasteiger partial charge is 0.414 e. The fourth-order valence-electron chi connectivity index (χ4n) is 4.34. The Hall–Kier alpha value is -3.82. The maximum atomic E-state index is 13.1. The van der Waals surface area contributed by atoms with E-state index in [0.717, 1.165) is 22.3 Å². The first-order chi connectivity index (χ1) is 17.2. The van der Waals surface area contributed by atoms with Crippen LogP contribution in [0.5, 0.6) is 0 Å². The lowest BCUT2D eigenvalue weighted by Crippen LogP contribution is -2.28. The van der Waals surface area contributed by atoms with Crippen molar-refractivity contribution in [3.63, 3.8) is 0 Å². The Kier molecular flexibility index (Phi) is 7.32. The largest absolute Gasteiger partial charge is 0.469 e. The molecule has 1 amide bonds.